The van der Waals surface area contributed by atoms with E-state index in [0.29, 0.717) is 36.1 Å². The van der Waals surface area contributed by atoms with Gasteiger partial charge < -0.3 is 10.2 Å². The van der Waals surface area contributed by atoms with Crippen LogP contribution in [0, 0.1) is 0 Å². The summed E-state index contributed by atoms with van der Waals surface area (Å²) in [4.78, 5) is 15.9. The average Bonchev–Trinajstić information content (AvgIpc) is 2.71. The molecule has 5 nitrogen and oxygen atoms in total. The summed E-state index contributed by atoms with van der Waals surface area (Å²) in [5, 5.41) is 0.263. The van der Waals surface area contributed by atoms with Gasteiger partial charge in [0.25, 0.3) is 0 Å². The Kier molecular flexibility index (Phi) is 4.14. The van der Waals surface area contributed by atoms with Crippen LogP contribution < -0.4 is 5.43 Å². The summed E-state index contributed by atoms with van der Waals surface area (Å²) in [5.74, 6) is 0.0290. The monoisotopic (exact) mass is 289 g/mol. The molecule has 1 aliphatic rings. The number of hydrogen-bond donors (Lipinski definition) is 1. The van der Waals surface area contributed by atoms with Crippen LogP contribution in [-0.2, 0) is 4.74 Å². The molecular formula is C11H13Cl2N3O2. The second-order valence-electron chi connectivity index (χ2n) is 3.75. The van der Waals surface area contributed by atoms with Crippen molar-refractivity contribution in [1.29, 1.82) is 0 Å². The Morgan fingerprint density at radius 2 is 2.50 bits per heavy atom. The number of alkyl halides is 1. The first-order chi connectivity index (χ1) is 8.63. The number of halogens is 2. The maximum atomic E-state index is 11.7. The van der Waals surface area contributed by atoms with Crippen molar-refractivity contribution < 1.29 is 9.53 Å². The fourth-order valence-corrected chi connectivity index (χ4v) is 2.25. The van der Waals surface area contributed by atoms with Gasteiger partial charge in [-0.05, 0) is 19.4 Å². The Morgan fingerprint density at radius 3 is 3.22 bits per heavy atom. The second-order valence-corrected chi connectivity index (χ2v) is 4.72. The molecule has 1 aromatic rings. The highest BCUT2D eigenvalue weighted by atomic mass is 35.5. The molecule has 0 saturated carbocycles. The van der Waals surface area contributed by atoms with Gasteiger partial charge in [-0.25, -0.2) is 14.5 Å². The molecule has 0 amide bonds. The molecule has 0 aliphatic carbocycles. The summed E-state index contributed by atoms with van der Waals surface area (Å²) < 4.78 is 6.49. The van der Waals surface area contributed by atoms with E-state index in [4.69, 9.17) is 27.9 Å². The minimum atomic E-state index is -0.434. The lowest BCUT2D eigenvalue weighted by Crippen LogP contribution is -2.26. The Balaban J connectivity index is 2.39. The number of carbonyl (C=O) groups is 1. The van der Waals surface area contributed by atoms with E-state index in [1.807, 2.05) is 0 Å². The number of fused-ring (bicyclic) bond motifs is 1. The number of nitrogens with one attached hydrogen (secondary N) is 1. The fourth-order valence-electron chi connectivity index (χ4n) is 1.66. The third kappa shape index (κ3) is 2.62. The van der Waals surface area contributed by atoms with Gasteiger partial charge in [0.1, 0.15) is 0 Å². The Labute approximate surface area is 115 Å². The van der Waals surface area contributed by atoms with Crippen molar-refractivity contribution >= 4 is 34.2 Å². The summed E-state index contributed by atoms with van der Waals surface area (Å²) in [7, 11) is 0. The van der Waals surface area contributed by atoms with E-state index in [9.17, 15) is 4.79 Å². The first kappa shape index (κ1) is 13.2. The molecule has 0 bridgehead atoms. The van der Waals surface area contributed by atoms with Crippen molar-refractivity contribution in [2.24, 2.45) is 0 Å². The zero-order valence-corrected chi connectivity index (χ0v) is 11.3. The SMILES string of the molecule is CCOC(=O)c1cnc2n1NCCC(Cl)C=C2Cl. The summed E-state index contributed by atoms with van der Waals surface area (Å²) in [5.41, 5.74) is 3.38. The molecule has 2 heterocycles. The van der Waals surface area contributed by atoms with Gasteiger partial charge >= 0.3 is 5.97 Å². The minimum Gasteiger partial charge on any atom is -0.461 e. The fraction of sp³-hybridized carbons (Fsp3) is 0.455. The first-order valence-corrected chi connectivity index (χ1v) is 6.45. The van der Waals surface area contributed by atoms with Crippen molar-refractivity contribution in [3.8, 4) is 0 Å². The maximum absolute atomic E-state index is 11.7. The lowest BCUT2D eigenvalue weighted by atomic mass is 10.2. The van der Waals surface area contributed by atoms with Crippen LogP contribution in [0.5, 0.6) is 0 Å². The largest absolute Gasteiger partial charge is 0.461 e. The third-order valence-electron chi connectivity index (χ3n) is 2.48. The normalized spacial score (nSPS) is 19.1. The van der Waals surface area contributed by atoms with Crippen LogP contribution in [0.1, 0.15) is 29.7 Å². The molecule has 1 aliphatic heterocycles. The predicted octanol–water partition coefficient (Wildman–Crippen LogP) is 2.19. The predicted molar refractivity (Wildman–Crippen MR) is 70.5 cm³/mol. The van der Waals surface area contributed by atoms with Crippen LogP contribution in [0.4, 0.5) is 0 Å². The number of aromatic nitrogens is 2. The Bertz CT molecular complexity index is 485. The first-order valence-electron chi connectivity index (χ1n) is 5.64. The average molecular weight is 290 g/mol. The van der Waals surface area contributed by atoms with Crippen molar-refractivity contribution in [2.45, 2.75) is 18.7 Å². The van der Waals surface area contributed by atoms with E-state index >= 15 is 0 Å². The summed E-state index contributed by atoms with van der Waals surface area (Å²) >= 11 is 12.2. The highest BCUT2D eigenvalue weighted by Crippen LogP contribution is 2.23. The molecule has 7 heteroatoms. The highest BCUT2D eigenvalue weighted by molar-refractivity contribution is 6.48. The highest BCUT2D eigenvalue weighted by Gasteiger charge is 2.21. The molecule has 0 radical (unpaired) electrons. The number of allylic oxidation sites excluding steroid dienone is 1. The Morgan fingerprint density at radius 1 is 1.72 bits per heavy atom. The van der Waals surface area contributed by atoms with Crippen molar-refractivity contribution in [3.05, 3.63) is 23.8 Å². The lowest BCUT2D eigenvalue weighted by Gasteiger charge is -2.17. The van der Waals surface area contributed by atoms with Crippen molar-refractivity contribution in [3.63, 3.8) is 0 Å². The summed E-state index contributed by atoms with van der Waals surface area (Å²) in [6, 6.07) is 0. The van der Waals surface area contributed by atoms with E-state index in [1.54, 1.807) is 17.7 Å². The van der Waals surface area contributed by atoms with Crippen LogP contribution in [-0.4, -0.2) is 34.2 Å². The van der Waals surface area contributed by atoms with Crippen LogP contribution in [0.25, 0.3) is 5.03 Å². The van der Waals surface area contributed by atoms with Gasteiger partial charge in [-0.15, -0.1) is 11.6 Å². The quantitative estimate of drug-likeness (QED) is 0.670. The third-order valence-corrected chi connectivity index (χ3v) is 3.12. The number of hydrogen-bond acceptors (Lipinski definition) is 4. The molecule has 18 heavy (non-hydrogen) atoms. The Hall–Kier alpha value is -1.20. The zero-order valence-electron chi connectivity index (χ0n) is 9.82. The molecule has 0 saturated heterocycles. The summed E-state index contributed by atoms with van der Waals surface area (Å²) in [6.07, 6.45) is 3.86. The van der Waals surface area contributed by atoms with Crippen LogP contribution in [0.3, 0.4) is 0 Å². The van der Waals surface area contributed by atoms with Crippen LogP contribution >= 0.6 is 23.2 Å². The van der Waals surface area contributed by atoms with Crippen molar-refractivity contribution in [2.75, 3.05) is 18.6 Å². The van der Waals surface area contributed by atoms with E-state index in [1.165, 1.54) is 6.20 Å². The number of ether oxygens (including phenoxy) is 1. The molecule has 1 atom stereocenters. The van der Waals surface area contributed by atoms with E-state index in [0.717, 1.165) is 0 Å². The maximum Gasteiger partial charge on any atom is 0.358 e. The van der Waals surface area contributed by atoms with Gasteiger partial charge in [0.05, 0.1) is 23.2 Å². The standard InChI is InChI=1S/C11H13Cl2N3O2/c1-2-18-11(17)9-6-14-10-8(13)5-7(12)3-4-15-16(9)10/h5-7,15H,2-4H2,1H3. The number of imidazole rings is 1. The molecular weight excluding hydrogens is 277 g/mol. The number of nitrogens with zero attached hydrogens (tertiary/aromatic N) is 2. The zero-order chi connectivity index (χ0) is 13.1. The molecule has 1 unspecified atom stereocenters. The van der Waals surface area contributed by atoms with E-state index in [-0.39, 0.29) is 5.38 Å². The molecule has 2 rings (SSSR count). The molecule has 0 aromatic carbocycles. The number of rotatable bonds is 2. The van der Waals surface area contributed by atoms with Crippen LogP contribution in [0.15, 0.2) is 12.3 Å². The topological polar surface area (TPSA) is 56.1 Å². The summed E-state index contributed by atoms with van der Waals surface area (Å²) in [6.45, 7) is 2.68. The van der Waals surface area contributed by atoms with E-state index in [2.05, 4.69) is 10.4 Å². The molecule has 0 fully saturated rings. The smallest absolute Gasteiger partial charge is 0.358 e. The molecule has 0 spiro atoms. The van der Waals surface area contributed by atoms with E-state index < -0.39 is 5.97 Å². The van der Waals surface area contributed by atoms with Crippen molar-refractivity contribution in [1.82, 2.24) is 9.66 Å². The second kappa shape index (κ2) is 5.63. The van der Waals surface area contributed by atoms with Gasteiger partial charge in [0.2, 0.25) is 0 Å². The molecule has 1 N–H and O–H groups in total. The van der Waals surface area contributed by atoms with Gasteiger partial charge in [-0.3, -0.25) is 0 Å². The van der Waals surface area contributed by atoms with Gasteiger partial charge in [-0.1, -0.05) is 11.6 Å². The molecule has 1 aromatic heterocycles. The molecule has 98 valence electrons. The lowest BCUT2D eigenvalue weighted by molar-refractivity contribution is 0.0515. The van der Waals surface area contributed by atoms with Gasteiger partial charge in [0.15, 0.2) is 11.5 Å². The number of carbonyl (C=O) groups excluding carboxylic acids is 1. The van der Waals surface area contributed by atoms with Crippen LogP contribution in [0.2, 0.25) is 0 Å². The number of esters is 1. The van der Waals surface area contributed by atoms with Gasteiger partial charge in [0, 0.05) is 6.54 Å². The van der Waals surface area contributed by atoms with Gasteiger partial charge in [-0.2, -0.15) is 0 Å². The minimum absolute atomic E-state index is 0.151.